The number of piperidine rings is 1. The molecule has 0 bridgehead atoms. The molecule has 2 fully saturated rings. The standard InChI is InChI=1S/C23H27N3O4S/c1-16-19(22(28)25-11-6-3-7-12-25)21(31-20(16)17-8-4-2-5-9-17)24-18(27)10-13-26-14-15-30-23(26)29/h2,4-5,8-9H,3,6-7,10-15H2,1H3,(H,24,27). The van der Waals surface area contributed by atoms with Gasteiger partial charge in [0.1, 0.15) is 11.6 Å². The first-order valence-corrected chi connectivity index (χ1v) is 11.6. The van der Waals surface area contributed by atoms with E-state index >= 15 is 0 Å². The van der Waals surface area contributed by atoms with Gasteiger partial charge in [-0.2, -0.15) is 0 Å². The van der Waals surface area contributed by atoms with E-state index in [9.17, 15) is 14.4 Å². The molecule has 3 heterocycles. The maximum Gasteiger partial charge on any atom is 0.409 e. The van der Waals surface area contributed by atoms with Crippen molar-refractivity contribution in [2.75, 3.05) is 38.1 Å². The van der Waals surface area contributed by atoms with E-state index in [-0.39, 0.29) is 24.3 Å². The summed E-state index contributed by atoms with van der Waals surface area (Å²) in [5.74, 6) is -0.234. The summed E-state index contributed by atoms with van der Waals surface area (Å²) in [5, 5.41) is 3.54. The molecule has 2 aliphatic heterocycles. The van der Waals surface area contributed by atoms with Crippen LogP contribution in [0.15, 0.2) is 30.3 Å². The number of cyclic esters (lactones) is 1. The second-order valence-electron chi connectivity index (χ2n) is 7.88. The number of hydrogen-bond acceptors (Lipinski definition) is 5. The molecule has 2 saturated heterocycles. The van der Waals surface area contributed by atoms with Gasteiger partial charge in [-0.15, -0.1) is 11.3 Å². The Balaban J connectivity index is 1.57. The van der Waals surface area contributed by atoms with Gasteiger partial charge in [0.2, 0.25) is 5.91 Å². The summed E-state index contributed by atoms with van der Waals surface area (Å²) in [6.45, 7) is 4.61. The van der Waals surface area contributed by atoms with Crippen molar-refractivity contribution in [3.05, 3.63) is 41.5 Å². The molecule has 1 aromatic heterocycles. The lowest BCUT2D eigenvalue weighted by Crippen LogP contribution is -2.36. The van der Waals surface area contributed by atoms with Gasteiger partial charge in [0.25, 0.3) is 5.91 Å². The van der Waals surface area contributed by atoms with Crippen LogP contribution in [0.5, 0.6) is 0 Å². The van der Waals surface area contributed by atoms with E-state index in [1.165, 1.54) is 16.2 Å². The van der Waals surface area contributed by atoms with E-state index in [1.807, 2.05) is 42.2 Å². The van der Waals surface area contributed by atoms with Gasteiger partial charge < -0.3 is 19.9 Å². The first kappa shape index (κ1) is 21.4. The molecule has 0 unspecified atom stereocenters. The quantitative estimate of drug-likeness (QED) is 0.731. The second-order valence-corrected chi connectivity index (χ2v) is 8.90. The van der Waals surface area contributed by atoms with Crippen molar-refractivity contribution in [3.8, 4) is 10.4 Å². The van der Waals surface area contributed by atoms with Crippen molar-refractivity contribution < 1.29 is 19.1 Å². The minimum Gasteiger partial charge on any atom is -0.448 e. The number of carbonyl (C=O) groups is 3. The summed E-state index contributed by atoms with van der Waals surface area (Å²) in [5.41, 5.74) is 2.50. The molecule has 8 heteroatoms. The van der Waals surface area contributed by atoms with Gasteiger partial charge in [-0.1, -0.05) is 30.3 Å². The first-order chi connectivity index (χ1) is 15.0. The molecule has 31 heavy (non-hydrogen) atoms. The van der Waals surface area contributed by atoms with Gasteiger partial charge in [0.15, 0.2) is 0 Å². The number of rotatable bonds is 6. The Morgan fingerprint density at radius 1 is 1.10 bits per heavy atom. The second kappa shape index (κ2) is 9.51. The Labute approximate surface area is 186 Å². The summed E-state index contributed by atoms with van der Waals surface area (Å²) >= 11 is 1.43. The minimum atomic E-state index is -0.382. The lowest BCUT2D eigenvalue weighted by Gasteiger charge is -2.27. The molecule has 4 rings (SSSR count). The molecule has 2 aromatic rings. The summed E-state index contributed by atoms with van der Waals surface area (Å²) in [4.78, 5) is 42.1. The molecule has 164 valence electrons. The number of amides is 3. The zero-order valence-corrected chi connectivity index (χ0v) is 18.5. The molecule has 0 radical (unpaired) electrons. The minimum absolute atomic E-state index is 0.0194. The fourth-order valence-corrected chi connectivity index (χ4v) is 5.25. The third-order valence-corrected chi connectivity index (χ3v) is 7.00. The number of likely N-dealkylation sites (tertiary alicyclic amines) is 1. The van der Waals surface area contributed by atoms with Crippen molar-refractivity contribution in [2.24, 2.45) is 0 Å². The van der Waals surface area contributed by atoms with Crippen LogP contribution in [-0.2, 0) is 9.53 Å². The van der Waals surface area contributed by atoms with Gasteiger partial charge in [0, 0.05) is 30.9 Å². The van der Waals surface area contributed by atoms with Crippen LogP contribution in [0, 0.1) is 6.92 Å². The molecule has 2 aliphatic rings. The van der Waals surface area contributed by atoms with Gasteiger partial charge in [-0.3, -0.25) is 9.59 Å². The Morgan fingerprint density at radius 3 is 2.52 bits per heavy atom. The largest absolute Gasteiger partial charge is 0.448 e. The van der Waals surface area contributed by atoms with E-state index < -0.39 is 0 Å². The highest BCUT2D eigenvalue weighted by Crippen LogP contribution is 2.40. The third-order valence-electron chi connectivity index (χ3n) is 5.75. The molecule has 0 saturated carbocycles. The normalized spacial score (nSPS) is 16.4. The monoisotopic (exact) mass is 441 g/mol. The predicted molar refractivity (Wildman–Crippen MR) is 120 cm³/mol. The van der Waals surface area contributed by atoms with E-state index in [4.69, 9.17) is 4.74 Å². The topological polar surface area (TPSA) is 79.0 Å². The average Bonchev–Trinajstić information content (AvgIpc) is 3.35. The van der Waals surface area contributed by atoms with Crippen LogP contribution in [0.1, 0.15) is 41.6 Å². The number of ether oxygens (including phenoxy) is 1. The van der Waals surface area contributed by atoms with Crippen molar-refractivity contribution in [1.29, 1.82) is 0 Å². The number of thiophene rings is 1. The highest BCUT2D eigenvalue weighted by molar-refractivity contribution is 7.20. The third kappa shape index (κ3) is 4.74. The molecule has 1 N–H and O–H groups in total. The fraction of sp³-hybridized carbons (Fsp3) is 0.435. The lowest BCUT2D eigenvalue weighted by molar-refractivity contribution is -0.116. The van der Waals surface area contributed by atoms with E-state index in [0.717, 1.165) is 48.4 Å². The molecular formula is C23H27N3O4S. The van der Waals surface area contributed by atoms with Gasteiger partial charge in [-0.25, -0.2) is 4.79 Å². The van der Waals surface area contributed by atoms with Crippen LogP contribution < -0.4 is 5.32 Å². The highest BCUT2D eigenvalue weighted by Gasteiger charge is 2.28. The summed E-state index contributed by atoms with van der Waals surface area (Å²) in [6.07, 6.45) is 2.93. The summed E-state index contributed by atoms with van der Waals surface area (Å²) < 4.78 is 4.91. The van der Waals surface area contributed by atoms with Gasteiger partial charge in [0.05, 0.1) is 12.1 Å². The molecule has 1 aromatic carbocycles. The summed E-state index contributed by atoms with van der Waals surface area (Å²) in [6, 6.07) is 9.91. The van der Waals surface area contributed by atoms with Crippen LogP contribution in [0.2, 0.25) is 0 Å². The van der Waals surface area contributed by atoms with E-state index in [2.05, 4.69) is 5.32 Å². The van der Waals surface area contributed by atoms with Crippen LogP contribution >= 0.6 is 11.3 Å². The number of anilines is 1. The highest BCUT2D eigenvalue weighted by atomic mass is 32.1. The smallest absolute Gasteiger partial charge is 0.409 e. The zero-order valence-electron chi connectivity index (χ0n) is 17.7. The summed E-state index contributed by atoms with van der Waals surface area (Å²) in [7, 11) is 0. The Bertz CT molecular complexity index is 967. The van der Waals surface area contributed by atoms with Crippen LogP contribution in [0.4, 0.5) is 9.80 Å². The first-order valence-electron chi connectivity index (χ1n) is 10.7. The van der Waals surface area contributed by atoms with Crippen LogP contribution in [0.3, 0.4) is 0 Å². The molecule has 0 atom stereocenters. The molecule has 7 nitrogen and oxygen atoms in total. The lowest BCUT2D eigenvalue weighted by atomic mass is 10.0. The van der Waals surface area contributed by atoms with Gasteiger partial charge >= 0.3 is 6.09 Å². The van der Waals surface area contributed by atoms with Crippen LogP contribution in [-0.4, -0.2) is 60.5 Å². The number of benzene rings is 1. The predicted octanol–water partition coefficient (Wildman–Crippen LogP) is 4.13. The molecular weight excluding hydrogens is 414 g/mol. The molecule has 3 amide bonds. The van der Waals surface area contributed by atoms with E-state index in [0.29, 0.717) is 30.3 Å². The van der Waals surface area contributed by atoms with Crippen LogP contribution in [0.25, 0.3) is 10.4 Å². The molecule has 0 spiro atoms. The SMILES string of the molecule is Cc1c(-c2ccccc2)sc(NC(=O)CCN2CCOC2=O)c1C(=O)N1CCCCC1. The van der Waals surface area contributed by atoms with E-state index in [1.54, 1.807) is 0 Å². The fourth-order valence-electron chi connectivity index (χ4n) is 4.03. The van der Waals surface area contributed by atoms with Crippen molar-refractivity contribution >= 4 is 34.2 Å². The Kier molecular flexibility index (Phi) is 6.56. The maximum atomic E-state index is 13.4. The average molecular weight is 442 g/mol. The number of nitrogens with zero attached hydrogens (tertiary/aromatic N) is 2. The van der Waals surface area contributed by atoms with Crippen molar-refractivity contribution in [1.82, 2.24) is 9.80 Å². The maximum absolute atomic E-state index is 13.4. The number of nitrogens with one attached hydrogen (secondary N) is 1. The number of carbonyl (C=O) groups excluding carboxylic acids is 3. The van der Waals surface area contributed by atoms with Crippen molar-refractivity contribution in [2.45, 2.75) is 32.6 Å². The number of hydrogen-bond donors (Lipinski definition) is 1. The Hall–Kier alpha value is -2.87. The zero-order chi connectivity index (χ0) is 21.8. The van der Waals surface area contributed by atoms with Gasteiger partial charge in [-0.05, 0) is 37.3 Å². The Morgan fingerprint density at radius 2 is 1.84 bits per heavy atom. The van der Waals surface area contributed by atoms with Crippen molar-refractivity contribution in [3.63, 3.8) is 0 Å². The molecule has 0 aliphatic carbocycles.